The van der Waals surface area contributed by atoms with Crippen LogP contribution in [-0.2, 0) is 0 Å². The van der Waals surface area contributed by atoms with Gasteiger partial charge < -0.3 is 14.5 Å². The van der Waals surface area contributed by atoms with Crippen LogP contribution in [0.15, 0.2) is 30.5 Å². The van der Waals surface area contributed by atoms with Crippen LogP contribution in [0.5, 0.6) is 11.6 Å². The van der Waals surface area contributed by atoms with E-state index in [0.29, 0.717) is 30.4 Å². The highest BCUT2D eigenvalue weighted by Crippen LogP contribution is 2.39. The third-order valence-corrected chi connectivity index (χ3v) is 2.75. The number of aldehydes is 1. The molecule has 0 aliphatic rings. The Morgan fingerprint density at radius 3 is 2.58 bits per heavy atom. The topological polar surface area (TPSA) is 51.3 Å². The molecule has 0 spiro atoms. The summed E-state index contributed by atoms with van der Waals surface area (Å²) in [6.45, 7) is 4.93. The van der Waals surface area contributed by atoms with Crippen molar-refractivity contribution in [2.24, 2.45) is 0 Å². The highest BCUT2D eigenvalue weighted by Gasteiger charge is 2.18. The minimum atomic E-state index is 0.544. The fourth-order valence-electron chi connectivity index (χ4n) is 2.00. The van der Waals surface area contributed by atoms with Crippen LogP contribution in [0.2, 0.25) is 0 Å². The number of hydrogen-bond donors (Lipinski definition) is 1. The normalized spacial score (nSPS) is 10.2. The van der Waals surface area contributed by atoms with E-state index >= 15 is 0 Å². The van der Waals surface area contributed by atoms with Crippen LogP contribution in [-0.4, -0.2) is 24.5 Å². The second-order valence-electron chi connectivity index (χ2n) is 3.93. The Morgan fingerprint density at radius 2 is 1.89 bits per heavy atom. The van der Waals surface area contributed by atoms with Gasteiger partial charge in [-0.2, -0.15) is 0 Å². The molecule has 100 valence electrons. The summed E-state index contributed by atoms with van der Waals surface area (Å²) in [6, 6.07) is 7.39. The molecule has 0 amide bonds. The third-order valence-electron chi connectivity index (χ3n) is 2.75. The van der Waals surface area contributed by atoms with Crippen molar-refractivity contribution in [1.82, 2.24) is 4.98 Å². The number of rotatable bonds is 6. The smallest absolute Gasteiger partial charge is 0.202 e. The molecule has 0 fully saturated rings. The zero-order valence-corrected chi connectivity index (χ0v) is 11.1. The van der Waals surface area contributed by atoms with Crippen molar-refractivity contribution in [2.45, 2.75) is 13.8 Å². The molecule has 1 aromatic heterocycles. The zero-order chi connectivity index (χ0) is 13.7. The van der Waals surface area contributed by atoms with Crippen molar-refractivity contribution >= 4 is 6.29 Å². The zero-order valence-electron chi connectivity index (χ0n) is 11.1. The van der Waals surface area contributed by atoms with E-state index in [4.69, 9.17) is 9.47 Å². The first-order chi connectivity index (χ1) is 9.31. The fraction of sp³-hybridized carbons (Fsp3) is 0.267. The van der Waals surface area contributed by atoms with Crippen LogP contribution in [0.1, 0.15) is 24.2 Å². The van der Waals surface area contributed by atoms with Gasteiger partial charge in [-0.25, -0.2) is 0 Å². The second kappa shape index (κ2) is 6.09. The molecule has 0 saturated heterocycles. The summed E-state index contributed by atoms with van der Waals surface area (Å²) < 4.78 is 11.2. The summed E-state index contributed by atoms with van der Waals surface area (Å²) in [5, 5.41) is 0. The molecule has 0 saturated carbocycles. The first-order valence-electron chi connectivity index (χ1n) is 6.33. The van der Waals surface area contributed by atoms with Gasteiger partial charge in [0.2, 0.25) is 5.88 Å². The summed E-state index contributed by atoms with van der Waals surface area (Å²) in [7, 11) is 0. The van der Waals surface area contributed by atoms with E-state index in [1.54, 1.807) is 12.3 Å². The average molecular weight is 259 g/mol. The van der Waals surface area contributed by atoms with Gasteiger partial charge in [-0.15, -0.1) is 0 Å². The molecule has 0 aliphatic heterocycles. The standard InChI is InChI=1S/C15H17NO3/c1-3-18-13-9-16-15(19-4-2)14(13)12-8-6-5-7-11(12)10-17/h5-10,16H,3-4H2,1-2H3. The van der Waals surface area contributed by atoms with Gasteiger partial charge in [0, 0.05) is 17.3 Å². The first kappa shape index (κ1) is 13.2. The number of aromatic amines is 1. The Bertz CT molecular complexity index is 537. The summed E-state index contributed by atoms with van der Waals surface area (Å²) in [6.07, 6.45) is 2.60. The van der Waals surface area contributed by atoms with Gasteiger partial charge in [0.25, 0.3) is 0 Å². The Kier molecular flexibility index (Phi) is 4.23. The lowest BCUT2D eigenvalue weighted by Gasteiger charge is -2.10. The number of benzene rings is 1. The Labute approximate surface area is 112 Å². The monoisotopic (exact) mass is 259 g/mol. The maximum absolute atomic E-state index is 11.2. The number of nitrogens with one attached hydrogen (secondary N) is 1. The molecule has 1 heterocycles. The Hall–Kier alpha value is -2.23. The van der Waals surface area contributed by atoms with Crippen molar-refractivity contribution in [2.75, 3.05) is 13.2 Å². The van der Waals surface area contributed by atoms with E-state index in [-0.39, 0.29) is 0 Å². The van der Waals surface area contributed by atoms with Gasteiger partial charge in [-0.1, -0.05) is 24.3 Å². The Morgan fingerprint density at radius 1 is 1.16 bits per heavy atom. The predicted molar refractivity (Wildman–Crippen MR) is 74.0 cm³/mol. The van der Waals surface area contributed by atoms with Gasteiger partial charge >= 0.3 is 0 Å². The number of carbonyl (C=O) groups excluding carboxylic acids is 1. The van der Waals surface area contributed by atoms with E-state index in [1.165, 1.54) is 0 Å². The van der Waals surface area contributed by atoms with Gasteiger partial charge in [0.05, 0.1) is 18.8 Å². The highest BCUT2D eigenvalue weighted by atomic mass is 16.5. The maximum Gasteiger partial charge on any atom is 0.202 e. The lowest BCUT2D eigenvalue weighted by atomic mass is 10.0. The van der Waals surface area contributed by atoms with Crippen molar-refractivity contribution in [3.63, 3.8) is 0 Å². The second-order valence-corrected chi connectivity index (χ2v) is 3.93. The Balaban J connectivity index is 2.57. The lowest BCUT2D eigenvalue weighted by molar-refractivity contribution is 0.112. The van der Waals surface area contributed by atoms with Crippen LogP contribution in [0.4, 0.5) is 0 Å². The molecule has 0 bridgehead atoms. The highest BCUT2D eigenvalue weighted by molar-refractivity contribution is 5.91. The molecular weight excluding hydrogens is 242 g/mol. The molecule has 2 rings (SSSR count). The van der Waals surface area contributed by atoms with Crippen molar-refractivity contribution in [3.05, 3.63) is 36.0 Å². The van der Waals surface area contributed by atoms with Crippen LogP contribution in [0.25, 0.3) is 11.1 Å². The third kappa shape index (κ3) is 2.62. The number of H-pyrrole nitrogens is 1. The maximum atomic E-state index is 11.2. The van der Waals surface area contributed by atoms with E-state index in [9.17, 15) is 4.79 Å². The number of hydrogen-bond acceptors (Lipinski definition) is 3. The van der Waals surface area contributed by atoms with Crippen LogP contribution in [0.3, 0.4) is 0 Å². The molecule has 2 aromatic rings. The quantitative estimate of drug-likeness (QED) is 0.810. The van der Waals surface area contributed by atoms with Crippen LogP contribution < -0.4 is 9.47 Å². The molecule has 19 heavy (non-hydrogen) atoms. The van der Waals surface area contributed by atoms with Crippen molar-refractivity contribution < 1.29 is 14.3 Å². The molecule has 0 aliphatic carbocycles. The van der Waals surface area contributed by atoms with Gasteiger partial charge in [-0.05, 0) is 13.8 Å². The lowest BCUT2D eigenvalue weighted by Crippen LogP contribution is -1.97. The van der Waals surface area contributed by atoms with Gasteiger partial charge in [0.15, 0.2) is 6.29 Å². The van der Waals surface area contributed by atoms with E-state index in [2.05, 4.69) is 4.98 Å². The molecular formula is C15H17NO3. The molecule has 1 N–H and O–H groups in total. The SMILES string of the molecule is CCOc1c[nH]c(OCC)c1-c1ccccc1C=O. The molecule has 1 aromatic carbocycles. The predicted octanol–water partition coefficient (Wildman–Crippen LogP) is 3.29. The molecule has 4 heteroatoms. The largest absolute Gasteiger partial charge is 0.491 e. The van der Waals surface area contributed by atoms with Crippen LogP contribution in [0, 0.1) is 0 Å². The van der Waals surface area contributed by atoms with Gasteiger partial charge in [-0.3, -0.25) is 4.79 Å². The van der Waals surface area contributed by atoms with E-state index in [0.717, 1.165) is 17.4 Å². The molecule has 0 radical (unpaired) electrons. The summed E-state index contributed by atoms with van der Waals surface area (Å²) in [4.78, 5) is 14.2. The fourth-order valence-corrected chi connectivity index (χ4v) is 2.00. The minimum Gasteiger partial charge on any atom is -0.491 e. The minimum absolute atomic E-state index is 0.544. The first-order valence-corrected chi connectivity index (χ1v) is 6.33. The van der Waals surface area contributed by atoms with Crippen molar-refractivity contribution in [1.29, 1.82) is 0 Å². The summed E-state index contributed by atoms with van der Waals surface area (Å²) in [5.41, 5.74) is 2.22. The summed E-state index contributed by atoms with van der Waals surface area (Å²) in [5.74, 6) is 1.32. The summed E-state index contributed by atoms with van der Waals surface area (Å²) >= 11 is 0. The molecule has 0 unspecified atom stereocenters. The van der Waals surface area contributed by atoms with Gasteiger partial charge in [0.1, 0.15) is 5.75 Å². The number of ether oxygens (including phenoxy) is 2. The average Bonchev–Trinajstić information content (AvgIpc) is 2.82. The molecule has 0 atom stereocenters. The van der Waals surface area contributed by atoms with E-state index < -0.39 is 0 Å². The number of aromatic nitrogens is 1. The molecule has 4 nitrogen and oxygen atoms in total. The van der Waals surface area contributed by atoms with Crippen LogP contribution >= 0.6 is 0 Å². The number of carbonyl (C=O) groups is 1. The van der Waals surface area contributed by atoms with Crippen molar-refractivity contribution in [3.8, 4) is 22.8 Å². The van der Waals surface area contributed by atoms with E-state index in [1.807, 2.05) is 32.0 Å².